The molecule has 2 aromatic rings. The van der Waals surface area contributed by atoms with E-state index in [-0.39, 0.29) is 17.6 Å². The Kier molecular flexibility index (Phi) is 2.47. The lowest BCUT2D eigenvalue weighted by Gasteiger charge is -2.10. The van der Waals surface area contributed by atoms with E-state index in [1.54, 1.807) is 0 Å². The molecule has 1 aromatic heterocycles. The molecule has 1 heterocycles. The fourth-order valence-corrected chi connectivity index (χ4v) is 1.31. The standard InChI is InChI=1S/C10H12N6/c11-8-7(9(12)16-10(13)15-8)14-6-4-2-1-3-5-6/h1-5,14H,(H6,11,12,13,15,16). The van der Waals surface area contributed by atoms with Gasteiger partial charge in [0, 0.05) is 5.69 Å². The maximum absolute atomic E-state index is 5.70. The summed E-state index contributed by atoms with van der Waals surface area (Å²) in [7, 11) is 0. The van der Waals surface area contributed by atoms with E-state index >= 15 is 0 Å². The van der Waals surface area contributed by atoms with E-state index in [9.17, 15) is 0 Å². The summed E-state index contributed by atoms with van der Waals surface area (Å²) < 4.78 is 0. The van der Waals surface area contributed by atoms with Crippen LogP contribution >= 0.6 is 0 Å². The van der Waals surface area contributed by atoms with E-state index < -0.39 is 0 Å². The van der Waals surface area contributed by atoms with E-state index in [1.165, 1.54) is 0 Å². The number of hydrogen-bond donors (Lipinski definition) is 4. The summed E-state index contributed by atoms with van der Waals surface area (Å²) >= 11 is 0. The lowest BCUT2D eigenvalue weighted by atomic mass is 10.3. The minimum atomic E-state index is 0.0635. The molecule has 16 heavy (non-hydrogen) atoms. The number of benzene rings is 1. The van der Waals surface area contributed by atoms with Crippen LogP contribution in [-0.2, 0) is 0 Å². The highest BCUT2D eigenvalue weighted by molar-refractivity contribution is 5.79. The molecule has 0 bridgehead atoms. The Hall–Kier alpha value is -2.50. The van der Waals surface area contributed by atoms with Gasteiger partial charge in [0.2, 0.25) is 5.95 Å². The molecule has 0 radical (unpaired) electrons. The molecule has 1 aromatic carbocycles. The van der Waals surface area contributed by atoms with Crippen LogP contribution in [0.4, 0.5) is 29.0 Å². The molecule has 82 valence electrons. The van der Waals surface area contributed by atoms with Crippen LogP contribution in [-0.4, -0.2) is 9.97 Å². The third-order valence-electron chi connectivity index (χ3n) is 2.03. The molecule has 0 amide bonds. The van der Waals surface area contributed by atoms with Crippen molar-refractivity contribution in [3.8, 4) is 0 Å². The molecule has 2 rings (SSSR count). The van der Waals surface area contributed by atoms with Gasteiger partial charge >= 0.3 is 0 Å². The van der Waals surface area contributed by atoms with Crippen molar-refractivity contribution in [1.82, 2.24) is 9.97 Å². The topological polar surface area (TPSA) is 116 Å². The largest absolute Gasteiger partial charge is 0.382 e. The highest BCUT2D eigenvalue weighted by atomic mass is 15.1. The third kappa shape index (κ3) is 1.95. The Balaban J connectivity index is 2.35. The van der Waals surface area contributed by atoms with E-state index in [2.05, 4.69) is 15.3 Å². The van der Waals surface area contributed by atoms with Crippen molar-refractivity contribution in [2.24, 2.45) is 0 Å². The van der Waals surface area contributed by atoms with Gasteiger partial charge in [0.15, 0.2) is 11.6 Å². The normalized spacial score (nSPS) is 10.0. The highest BCUT2D eigenvalue weighted by Gasteiger charge is 2.08. The molecule has 6 nitrogen and oxygen atoms in total. The average Bonchev–Trinajstić information content (AvgIpc) is 2.25. The van der Waals surface area contributed by atoms with Crippen molar-refractivity contribution in [2.75, 3.05) is 22.5 Å². The van der Waals surface area contributed by atoms with Crippen molar-refractivity contribution in [3.63, 3.8) is 0 Å². The SMILES string of the molecule is Nc1nc(N)c(Nc2ccccc2)c(N)n1. The molecular formula is C10H12N6. The number of nitrogens with two attached hydrogens (primary N) is 3. The van der Waals surface area contributed by atoms with Crippen LogP contribution in [0.5, 0.6) is 0 Å². The Morgan fingerprint density at radius 2 is 1.44 bits per heavy atom. The lowest BCUT2D eigenvalue weighted by Crippen LogP contribution is -2.08. The van der Waals surface area contributed by atoms with Gasteiger partial charge in [-0.25, -0.2) is 0 Å². The molecule has 0 atom stereocenters. The highest BCUT2D eigenvalue weighted by Crippen LogP contribution is 2.26. The minimum Gasteiger partial charge on any atom is -0.382 e. The Morgan fingerprint density at radius 1 is 0.875 bits per heavy atom. The van der Waals surface area contributed by atoms with Crippen molar-refractivity contribution >= 4 is 29.0 Å². The smallest absolute Gasteiger partial charge is 0.224 e. The lowest BCUT2D eigenvalue weighted by molar-refractivity contribution is 1.20. The monoisotopic (exact) mass is 216 g/mol. The van der Waals surface area contributed by atoms with Gasteiger partial charge in [0.05, 0.1) is 0 Å². The van der Waals surface area contributed by atoms with Crippen LogP contribution in [0.3, 0.4) is 0 Å². The Bertz CT molecular complexity index is 473. The minimum absolute atomic E-state index is 0.0635. The second kappa shape index (κ2) is 3.93. The predicted molar refractivity (Wildman–Crippen MR) is 65.0 cm³/mol. The number of hydrogen-bond acceptors (Lipinski definition) is 6. The molecule has 6 heteroatoms. The van der Waals surface area contributed by atoms with Crippen LogP contribution in [0, 0.1) is 0 Å². The van der Waals surface area contributed by atoms with Crippen LogP contribution in [0.2, 0.25) is 0 Å². The van der Waals surface area contributed by atoms with E-state index in [0.29, 0.717) is 5.69 Å². The van der Waals surface area contributed by atoms with Gasteiger partial charge in [-0.3, -0.25) is 0 Å². The van der Waals surface area contributed by atoms with Crippen LogP contribution in [0.1, 0.15) is 0 Å². The fourth-order valence-electron chi connectivity index (χ4n) is 1.31. The van der Waals surface area contributed by atoms with E-state index in [1.807, 2.05) is 30.3 Å². The van der Waals surface area contributed by atoms with Gasteiger partial charge in [0.25, 0.3) is 0 Å². The summed E-state index contributed by atoms with van der Waals surface area (Å²) in [4.78, 5) is 7.67. The van der Waals surface area contributed by atoms with E-state index in [0.717, 1.165) is 5.69 Å². The zero-order chi connectivity index (χ0) is 11.5. The van der Waals surface area contributed by atoms with Gasteiger partial charge in [-0.05, 0) is 12.1 Å². The van der Waals surface area contributed by atoms with Crippen molar-refractivity contribution in [2.45, 2.75) is 0 Å². The first-order valence-electron chi connectivity index (χ1n) is 4.67. The third-order valence-corrected chi connectivity index (χ3v) is 2.03. The van der Waals surface area contributed by atoms with Gasteiger partial charge in [0.1, 0.15) is 5.69 Å². The first kappa shape index (κ1) is 10.0. The molecule has 0 aliphatic rings. The van der Waals surface area contributed by atoms with Crippen molar-refractivity contribution in [1.29, 1.82) is 0 Å². The van der Waals surface area contributed by atoms with Crippen LogP contribution in [0.15, 0.2) is 30.3 Å². The summed E-state index contributed by atoms with van der Waals surface area (Å²) in [5.41, 5.74) is 18.1. The van der Waals surface area contributed by atoms with Crippen molar-refractivity contribution in [3.05, 3.63) is 30.3 Å². The molecule has 0 saturated carbocycles. The van der Waals surface area contributed by atoms with E-state index in [4.69, 9.17) is 17.2 Å². The maximum atomic E-state index is 5.70. The molecule has 0 unspecified atom stereocenters. The summed E-state index contributed by atoms with van der Waals surface area (Å²) in [5, 5.41) is 3.04. The molecular weight excluding hydrogens is 204 g/mol. The summed E-state index contributed by atoms with van der Waals surface area (Å²) in [6.07, 6.45) is 0. The predicted octanol–water partition coefficient (Wildman–Crippen LogP) is 0.967. The van der Waals surface area contributed by atoms with Crippen LogP contribution < -0.4 is 22.5 Å². The first-order valence-corrected chi connectivity index (χ1v) is 4.67. The van der Waals surface area contributed by atoms with Crippen molar-refractivity contribution < 1.29 is 0 Å². The molecule has 0 spiro atoms. The Labute approximate surface area is 92.5 Å². The second-order valence-corrected chi connectivity index (χ2v) is 3.22. The molecule has 0 aliphatic heterocycles. The van der Waals surface area contributed by atoms with Gasteiger partial charge < -0.3 is 22.5 Å². The number of nitrogen functional groups attached to an aromatic ring is 3. The number of nitrogens with one attached hydrogen (secondary N) is 1. The second-order valence-electron chi connectivity index (χ2n) is 3.22. The van der Waals surface area contributed by atoms with Gasteiger partial charge in [-0.15, -0.1) is 0 Å². The number of aromatic nitrogens is 2. The van der Waals surface area contributed by atoms with Gasteiger partial charge in [-0.1, -0.05) is 18.2 Å². The number of anilines is 5. The number of rotatable bonds is 2. The van der Waals surface area contributed by atoms with Crippen LogP contribution in [0.25, 0.3) is 0 Å². The molecule has 7 N–H and O–H groups in total. The zero-order valence-electron chi connectivity index (χ0n) is 8.51. The first-order chi connectivity index (χ1) is 7.66. The number of para-hydroxylation sites is 1. The maximum Gasteiger partial charge on any atom is 0.224 e. The van der Waals surface area contributed by atoms with Gasteiger partial charge in [-0.2, -0.15) is 9.97 Å². The quantitative estimate of drug-likeness (QED) is 0.594. The molecule has 0 fully saturated rings. The Morgan fingerprint density at radius 3 is 2.00 bits per heavy atom. The zero-order valence-corrected chi connectivity index (χ0v) is 8.51. The number of nitrogens with zero attached hydrogens (tertiary/aromatic N) is 2. The molecule has 0 saturated heterocycles. The average molecular weight is 216 g/mol. The summed E-state index contributed by atoms with van der Waals surface area (Å²) in [6.45, 7) is 0. The summed E-state index contributed by atoms with van der Waals surface area (Å²) in [6, 6.07) is 9.47. The molecule has 0 aliphatic carbocycles. The summed E-state index contributed by atoms with van der Waals surface area (Å²) in [5.74, 6) is 0.524. The fraction of sp³-hybridized carbons (Fsp3) is 0.